The molecule has 0 unspecified atom stereocenters. The molecule has 156 valence electrons. The number of hydrogen-bond donors (Lipinski definition) is 2. The fourth-order valence-electron chi connectivity index (χ4n) is 2.90. The van der Waals surface area contributed by atoms with E-state index < -0.39 is 0 Å². The number of halogens is 1. The molecule has 0 atom stereocenters. The van der Waals surface area contributed by atoms with Crippen molar-refractivity contribution in [2.24, 2.45) is 0 Å². The number of rotatable bonds is 7. The van der Waals surface area contributed by atoms with Crippen LogP contribution in [0.1, 0.15) is 16.1 Å². The number of carbonyl (C=O) groups excluding carboxylic acids is 1. The maximum Gasteiger partial charge on any atom is 0.277 e. The molecule has 4 aromatic rings. The molecule has 2 aromatic heterocycles. The Labute approximate surface area is 183 Å². The number of amides is 1. The standard InChI is InChI=1S/C22H19ClN6O2/c1-31-18-5-2-4-15(12-18)13-29-14-20(27-28-29)22(30)26-19-6-3-11-24-21(19)25-17-9-7-16(23)8-10-17/h2-12,14H,13H2,1H3,(H,24,25)(H,26,30). The molecule has 0 saturated carbocycles. The van der Waals surface area contributed by atoms with Crippen molar-refractivity contribution in [1.82, 2.24) is 20.0 Å². The summed E-state index contributed by atoms with van der Waals surface area (Å²) in [6, 6.07) is 18.3. The van der Waals surface area contributed by atoms with Crippen LogP contribution < -0.4 is 15.4 Å². The lowest BCUT2D eigenvalue weighted by Crippen LogP contribution is -2.14. The van der Waals surface area contributed by atoms with E-state index in [0.717, 1.165) is 17.0 Å². The van der Waals surface area contributed by atoms with Gasteiger partial charge in [0.15, 0.2) is 11.5 Å². The van der Waals surface area contributed by atoms with E-state index in [2.05, 4.69) is 25.9 Å². The zero-order valence-corrected chi connectivity index (χ0v) is 17.4. The Balaban J connectivity index is 1.46. The van der Waals surface area contributed by atoms with Gasteiger partial charge < -0.3 is 15.4 Å². The first-order valence-corrected chi connectivity index (χ1v) is 9.80. The molecular weight excluding hydrogens is 416 g/mol. The van der Waals surface area contributed by atoms with Gasteiger partial charge in [0, 0.05) is 16.9 Å². The van der Waals surface area contributed by atoms with Gasteiger partial charge in [0.25, 0.3) is 5.91 Å². The first kappa shape index (κ1) is 20.4. The summed E-state index contributed by atoms with van der Waals surface area (Å²) >= 11 is 5.93. The van der Waals surface area contributed by atoms with Gasteiger partial charge in [0.2, 0.25) is 0 Å². The van der Waals surface area contributed by atoms with Crippen LogP contribution in [0.25, 0.3) is 0 Å². The third-order valence-corrected chi connectivity index (χ3v) is 4.66. The maximum atomic E-state index is 12.7. The Morgan fingerprint density at radius 2 is 1.97 bits per heavy atom. The molecule has 0 aliphatic carbocycles. The minimum Gasteiger partial charge on any atom is -0.497 e. The smallest absolute Gasteiger partial charge is 0.277 e. The average molecular weight is 435 g/mol. The highest BCUT2D eigenvalue weighted by Gasteiger charge is 2.14. The average Bonchev–Trinajstić information content (AvgIpc) is 3.25. The minimum atomic E-state index is -0.385. The molecule has 8 nitrogen and oxygen atoms in total. The number of aromatic nitrogens is 4. The molecule has 0 spiro atoms. The number of carbonyl (C=O) groups is 1. The van der Waals surface area contributed by atoms with Crippen LogP contribution in [-0.4, -0.2) is 33.0 Å². The number of pyridine rings is 1. The van der Waals surface area contributed by atoms with Gasteiger partial charge in [-0.2, -0.15) is 0 Å². The molecule has 2 N–H and O–H groups in total. The zero-order chi connectivity index (χ0) is 21.6. The van der Waals surface area contributed by atoms with Crippen LogP contribution in [0.2, 0.25) is 5.02 Å². The number of nitrogens with zero attached hydrogens (tertiary/aromatic N) is 4. The van der Waals surface area contributed by atoms with Gasteiger partial charge in [-0.05, 0) is 54.1 Å². The Bertz CT molecular complexity index is 1190. The molecule has 0 radical (unpaired) electrons. The van der Waals surface area contributed by atoms with Crippen LogP contribution in [0.15, 0.2) is 73.1 Å². The van der Waals surface area contributed by atoms with Crippen molar-refractivity contribution >= 4 is 34.7 Å². The van der Waals surface area contributed by atoms with Gasteiger partial charge in [-0.25, -0.2) is 9.67 Å². The third-order valence-electron chi connectivity index (χ3n) is 4.41. The molecule has 2 aromatic carbocycles. The zero-order valence-electron chi connectivity index (χ0n) is 16.6. The van der Waals surface area contributed by atoms with E-state index >= 15 is 0 Å². The summed E-state index contributed by atoms with van der Waals surface area (Å²) < 4.78 is 6.83. The molecule has 0 saturated heterocycles. The Morgan fingerprint density at radius 1 is 1.13 bits per heavy atom. The molecular formula is C22H19ClN6O2. The SMILES string of the molecule is COc1cccc(Cn2cc(C(=O)Nc3cccnc3Nc3ccc(Cl)cc3)nn2)c1. The van der Waals surface area contributed by atoms with E-state index in [9.17, 15) is 4.79 Å². The number of methoxy groups -OCH3 is 1. The lowest BCUT2D eigenvalue weighted by molar-refractivity contribution is 0.102. The van der Waals surface area contributed by atoms with Crippen molar-refractivity contribution in [3.05, 3.63) is 89.3 Å². The molecule has 1 amide bonds. The summed E-state index contributed by atoms with van der Waals surface area (Å²) in [4.78, 5) is 17.0. The minimum absolute atomic E-state index is 0.198. The van der Waals surface area contributed by atoms with Gasteiger partial charge >= 0.3 is 0 Å². The van der Waals surface area contributed by atoms with Gasteiger partial charge in [0.1, 0.15) is 5.75 Å². The van der Waals surface area contributed by atoms with Gasteiger partial charge in [-0.3, -0.25) is 4.79 Å². The molecule has 9 heteroatoms. The molecule has 0 fully saturated rings. The fourth-order valence-corrected chi connectivity index (χ4v) is 3.03. The monoisotopic (exact) mass is 434 g/mol. The van der Waals surface area contributed by atoms with E-state index in [4.69, 9.17) is 16.3 Å². The number of benzene rings is 2. The summed E-state index contributed by atoms with van der Waals surface area (Å²) in [5.41, 5.74) is 2.50. The van der Waals surface area contributed by atoms with E-state index in [1.807, 2.05) is 36.4 Å². The predicted octanol–water partition coefficient (Wildman–Crippen LogP) is 4.38. The number of nitrogens with one attached hydrogen (secondary N) is 2. The molecule has 4 rings (SSSR count). The summed E-state index contributed by atoms with van der Waals surface area (Å²) in [6.45, 7) is 0.466. The second-order valence-corrected chi connectivity index (χ2v) is 7.07. The third kappa shape index (κ3) is 5.18. The first-order valence-electron chi connectivity index (χ1n) is 9.43. The van der Waals surface area contributed by atoms with Crippen LogP contribution in [0.5, 0.6) is 5.75 Å². The number of ether oxygens (including phenoxy) is 1. The molecule has 0 bridgehead atoms. The topological polar surface area (TPSA) is 94.0 Å². The van der Waals surface area contributed by atoms with Crippen molar-refractivity contribution in [2.45, 2.75) is 6.54 Å². The van der Waals surface area contributed by atoms with E-state index in [1.54, 1.807) is 48.5 Å². The first-order chi connectivity index (χ1) is 15.1. The van der Waals surface area contributed by atoms with Crippen molar-refractivity contribution in [3.8, 4) is 5.75 Å². The number of anilines is 3. The highest BCUT2D eigenvalue weighted by atomic mass is 35.5. The molecule has 2 heterocycles. The van der Waals surface area contributed by atoms with Gasteiger partial charge in [-0.1, -0.05) is 28.9 Å². The van der Waals surface area contributed by atoms with Gasteiger partial charge in [-0.15, -0.1) is 5.10 Å². The lowest BCUT2D eigenvalue weighted by Gasteiger charge is -2.11. The number of hydrogen-bond acceptors (Lipinski definition) is 6. The van der Waals surface area contributed by atoms with E-state index in [-0.39, 0.29) is 11.6 Å². The molecule has 31 heavy (non-hydrogen) atoms. The quantitative estimate of drug-likeness (QED) is 0.448. The van der Waals surface area contributed by atoms with Gasteiger partial charge in [0.05, 0.1) is 25.5 Å². The summed E-state index contributed by atoms with van der Waals surface area (Å²) in [6.07, 6.45) is 3.23. The van der Waals surface area contributed by atoms with Crippen LogP contribution >= 0.6 is 11.6 Å². The highest BCUT2D eigenvalue weighted by Crippen LogP contribution is 2.24. The van der Waals surface area contributed by atoms with Crippen molar-refractivity contribution in [3.63, 3.8) is 0 Å². The Kier molecular flexibility index (Phi) is 6.09. The fraction of sp³-hybridized carbons (Fsp3) is 0.0909. The van der Waals surface area contributed by atoms with Crippen molar-refractivity contribution in [2.75, 3.05) is 17.7 Å². The summed E-state index contributed by atoms with van der Waals surface area (Å²) in [5.74, 6) is 0.874. The van der Waals surface area contributed by atoms with E-state index in [1.165, 1.54) is 0 Å². The van der Waals surface area contributed by atoms with E-state index in [0.29, 0.717) is 23.1 Å². The van der Waals surface area contributed by atoms with Crippen molar-refractivity contribution in [1.29, 1.82) is 0 Å². The van der Waals surface area contributed by atoms with Crippen LogP contribution in [0, 0.1) is 0 Å². The lowest BCUT2D eigenvalue weighted by atomic mass is 10.2. The van der Waals surface area contributed by atoms with Crippen LogP contribution in [-0.2, 0) is 6.54 Å². The largest absolute Gasteiger partial charge is 0.497 e. The highest BCUT2D eigenvalue weighted by molar-refractivity contribution is 6.30. The van der Waals surface area contributed by atoms with Crippen LogP contribution in [0.3, 0.4) is 0 Å². The summed E-state index contributed by atoms with van der Waals surface area (Å²) in [7, 11) is 1.62. The Morgan fingerprint density at radius 3 is 2.77 bits per heavy atom. The van der Waals surface area contributed by atoms with Crippen molar-refractivity contribution < 1.29 is 9.53 Å². The normalized spacial score (nSPS) is 10.5. The molecule has 0 aliphatic heterocycles. The molecule has 0 aliphatic rings. The van der Waals surface area contributed by atoms with Crippen LogP contribution in [0.4, 0.5) is 17.2 Å². The Hall–Kier alpha value is -3.91. The predicted molar refractivity (Wildman–Crippen MR) is 119 cm³/mol. The maximum absolute atomic E-state index is 12.7. The second kappa shape index (κ2) is 9.27. The summed E-state index contributed by atoms with van der Waals surface area (Å²) in [5, 5.41) is 14.7. The second-order valence-electron chi connectivity index (χ2n) is 6.64.